The van der Waals surface area contributed by atoms with Gasteiger partial charge in [0.15, 0.2) is 5.78 Å². The number of carbonyl (C=O) groups is 1. The fourth-order valence-corrected chi connectivity index (χ4v) is 4.21. The fourth-order valence-electron chi connectivity index (χ4n) is 4.21. The number of H-pyrrole nitrogens is 2. The molecule has 4 aromatic rings. The molecule has 0 atom stereocenters. The largest absolute Gasteiger partial charge is 0.355 e. The molecular weight excluding hydrogens is 460 g/mol. The lowest BCUT2D eigenvalue weighted by Crippen LogP contribution is -2.19. The van der Waals surface area contributed by atoms with Crippen molar-refractivity contribution in [1.29, 1.82) is 0 Å². The SMILES string of the molecule is Cc1[nH]c(-c2nnn(CCN(C)C)n2)c(C)c1C(=O)c1c(C)[nH]c(-c2nnn(CCN(C)C)n2)c1C. The minimum absolute atomic E-state index is 0.0787. The van der Waals surface area contributed by atoms with Gasteiger partial charge in [0.1, 0.15) is 0 Å². The van der Waals surface area contributed by atoms with Crippen LogP contribution in [0.5, 0.6) is 0 Å². The first-order valence-electron chi connectivity index (χ1n) is 11.9. The number of rotatable bonds is 10. The summed E-state index contributed by atoms with van der Waals surface area (Å²) in [6, 6.07) is 0. The molecule has 0 aliphatic carbocycles. The number of ketones is 1. The second-order valence-electron chi connectivity index (χ2n) is 9.60. The zero-order chi connectivity index (χ0) is 26.1. The van der Waals surface area contributed by atoms with Crippen molar-refractivity contribution in [3.05, 3.63) is 33.6 Å². The van der Waals surface area contributed by atoms with E-state index >= 15 is 0 Å². The molecule has 0 saturated heterocycles. The topological polar surface area (TPSA) is 142 Å². The maximum Gasteiger partial charge on any atom is 0.221 e. The number of aromatic amines is 2. The van der Waals surface area contributed by atoms with E-state index in [1.807, 2.05) is 55.9 Å². The van der Waals surface area contributed by atoms with E-state index < -0.39 is 0 Å². The summed E-state index contributed by atoms with van der Waals surface area (Å²) in [6.45, 7) is 10.4. The van der Waals surface area contributed by atoms with Crippen LogP contribution in [0, 0.1) is 27.7 Å². The van der Waals surface area contributed by atoms with Crippen molar-refractivity contribution in [2.75, 3.05) is 41.3 Å². The summed E-state index contributed by atoms with van der Waals surface area (Å²) < 4.78 is 0. The molecule has 2 N–H and O–H groups in total. The highest BCUT2D eigenvalue weighted by atomic mass is 16.1. The van der Waals surface area contributed by atoms with Gasteiger partial charge in [-0.2, -0.15) is 9.59 Å². The van der Waals surface area contributed by atoms with Gasteiger partial charge in [-0.05, 0) is 77.4 Å². The van der Waals surface area contributed by atoms with Crippen molar-refractivity contribution in [1.82, 2.24) is 60.2 Å². The Hall–Kier alpha value is -3.71. The van der Waals surface area contributed by atoms with Gasteiger partial charge >= 0.3 is 0 Å². The molecule has 4 aromatic heterocycles. The van der Waals surface area contributed by atoms with Gasteiger partial charge in [0.2, 0.25) is 11.6 Å². The minimum Gasteiger partial charge on any atom is -0.355 e. The Bertz CT molecular complexity index is 1270. The van der Waals surface area contributed by atoms with E-state index in [2.05, 4.69) is 50.6 Å². The monoisotopic (exact) mass is 494 g/mol. The van der Waals surface area contributed by atoms with Crippen LogP contribution in [0.15, 0.2) is 0 Å². The van der Waals surface area contributed by atoms with Crippen molar-refractivity contribution < 1.29 is 4.79 Å². The van der Waals surface area contributed by atoms with Gasteiger partial charge in [-0.25, -0.2) is 0 Å². The van der Waals surface area contributed by atoms with E-state index in [-0.39, 0.29) is 5.78 Å². The predicted molar refractivity (Wildman–Crippen MR) is 135 cm³/mol. The summed E-state index contributed by atoms with van der Waals surface area (Å²) in [5, 5.41) is 25.7. The third-order valence-corrected chi connectivity index (χ3v) is 6.18. The van der Waals surface area contributed by atoms with Crippen LogP contribution in [-0.2, 0) is 13.1 Å². The van der Waals surface area contributed by atoms with Crippen LogP contribution in [0.25, 0.3) is 23.0 Å². The smallest absolute Gasteiger partial charge is 0.221 e. The second kappa shape index (κ2) is 10.1. The molecule has 0 unspecified atom stereocenters. The van der Waals surface area contributed by atoms with E-state index in [0.717, 1.165) is 35.6 Å². The summed E-state index contributed by atoms with van der Waals surface area (Å²) in [5.74, 6) is 0.857. The quantitative estimate of drug-likeness (QED) is 0.311. The number of nitrogens with zero attached hydrogens (tertiary/aromatic N) is 10. The highest BCUT2D eigenvalue weighted by Crippen LogP contribution is 2.31. The van der Waals surface area contributed by atoms with Crippen molar-refractivity contribution in [2.45, 2.75) is 40.8 Å². The predicted octanol–water partition coefficient (Wildman–Crippen LogP) is 1.24. The van der Waals surface area contributed by atoms with E-state index in [1.165, 1.54) is 0 Å². The molecule has 0 aliphatic rings. The summed E-state index contributed by atoms with van der Waals surface area (Å²) >= 11 is 0. The molecule has 13 nitrogen and oxygen atoms in total. The molecule has 4 heterocycles. The van der Waals surface area contributed by atoms with Crippen LogP contribution in [0.2, 0.25) is 0 Å². The zero-order valence-electron chi connectivity index (χ0n) is 22.2. The average Bonchev–Trinajstić information content (AvgIpc) is 3.57. The van der Waals surface area contributed by atoms with Crippen LogP contribution >= 0.6 is 0 Å². The van der Waals surface area contributed by atoms with Gasteiger partial charge in [-0.1, -0.05) is 0 Å². The van der Waals surface area contributed by atoms with Crippen molar-refractivity contribution in [2.24, 2.45) is 0 Å². The number of nitrogens with one attached hydrogen (secondary N) is 2. The number of likely N-dealkylation sites (N-methyl/N-ethyl adjacent to an activating group) is 2. The lowest BCUT2D eigenvalue weighted by atomic mass is 9.96. The number of carbonyl (C=O) groups excluding carboxylic acids is 1. The molecule has 0 aromatic carbocycles. The van der Waals surface area contributed by atoms with Gasteiger partial charge < -0.3 is 19.8 Å². The molecule has 36 heavy (non-hydrogen) atoms. The lowest BCUT2D eigenvalue weighted by Gasteiger charge is -2.07. The normalized spacial score (nSPS) is 11.8. The van der Waals surface area contributed by atoms with E-state index in [9.17, 15) is 4.79 Å². The van der Waals surface area contributed by atoms with Gasteiger partial charge in [-0.3, -0.25) is 4.79 Å². The van der Waals surface area contributed by atoms with Crippen LogP contribution < -0.4 is 0 Å². The highest BCUT2D eigenvalue weighted by Gasteiger charge is 2.27. The molecule has 192 valence electrons. The number of aryl methyl sites for hydroxylation is 2. The summed E-state index contributed by atoms with van der Waals surface area (Å²) in [7, 11) is 7.98. The minimum atomic E-state index is -0.0787. The molecule has 0 radical (unpaired) electrons. The van der Waals surface area contributed by atoms with E-state index in [4.69, 9.17) is 0 Å². The van der Waals surface area contributed by atoms with Gasteiger partial charge in [0.25, 0.3) is 0 Å². The van der Waals surface area contributed by atoms with Gasteiger partial charge in [0.05, 0.1) is 24.5 Å². The maximum atomic E-state index is 13.8. The molecule has 0 aliphatic heterocycles. The van der Waals surface area contributed by atoms with Crippen molar-refractivity contribution >= 4 is 5.78 Å². The summed E-state index contributed by atoms with van der Waals surface area (Å²) in [6.07, 6.45) is 0. The molecule has 0 saturated carbocycles. The first-order chi connectivity index (χ1) is 17.1. The average molecular weight is 495 g/mol. The lowest BCUT2D eigenvalue weighted by molar-refractivity contribution is 0.103. The van der Waals surface area contributed by atoms with Crippen LogP contribution in [0.4, 0.5) is 0 Å². The second-order valence-corrected chi connectivity index (χ2v) is 9.60. The number of hydrogen-bond donors (Lipinski definition) is 2. The van der Waals surface area contributed by atoms with Crippen LogP contribution in [-0.4, -0.2) is 107 Å². The third kappa shape index (κ3) is 4.97. The summed E-state index contributed by atoms with van der Waals surface area (Å²) in [5.41, 5.74) is 5.70. The van der Waals surface area contributed by atoms with Crippen LogP contribution in [0.1, 0.15) is 38.4 Å². The van der Waals surface area contributed by atoms with Crippen LogP contribution in [0.3, 0.4) is 0 Å². The molecule has 4 rings (SSSR count). The van der Waals surface area contributed by atoms with E-state index in [0.29, 0.717) is 47.3 Å². The number of aromatic nitrogens is 10. The number of hydrogen-bond acceptors (Lipinski definition) is 9. The fraction of sp³-hybridized carbons (Fsp3) is 0.522. The Kier molecular flexibility index (Phi) is 7.13. The Balaban J connectivity index is 1.63. The first-order valence-corrected chi connectivity index (χ1v) is 11.9. The number of tetrazole rings is 2. The molecule has 0 bridgehead atoms. The molecular formula is C23H34N12O. The molecule has 0 fully saturated rings. The standard InChI is InChI=1S/C23H34N12O/c1-13-17(15(3)24-19(13)22-26-30-34(28-22)11-9-32(5)6)21(36)18-14(2)20(25-16(18)4)23-27-31-35(29-23)12-10-33(7)8/h24-25H,9-12H2,1-8H3. The highest BCUT2D eigenvalue weighted by molar-refractivity contribution is 6.13. The summed E-state index contributed by atoms with van der Waals surface area (Å²) in [4.78, 5) is 27.7. The molecule has 13 heteroatoms. The molecule has 0 spiro atoms. The Morgan fingerprint density at radius 2 is 1.11 bits per heavy atom. The Morgan fingerprint density at radius 3 is 1.47 bits per heavy atom. The Labute approximate surface area is 209 Å². The molecule has 0 amide bonds. The zero-order valence-corrected chi connectivity index (χ0v) is 22.2. The Morgan fingerprint density at radius 1 is 0.722 bits per heavy atom. The maximum absolute atomic E-state index is 13.8. The van der Waals surface area contributed by atoms with E-state index in [1.54, 1.807) is 9.59 Å². The van der Waals surface area contributed by atoms with Crippen molar-refractivity contribution in [3.63, 3.8) is 0 Å². The van der Waals surface area contributed by atoms with Crippen molar-refractivity contribution in [3.8, 4) is 23.0 Å². The van der Waals surface area contributed by atoms with Gasteiger partial charge in [0, 0.05) is 35.6 Å². The third-order valence-electron chi connectivity index (χ3n) is 6.18. The van der Waals surface area contributed by atoms with Gasteiger partial charge in [-0.15, -0.1) is 20.4 Å². The first kappa shape index (κ1) is 25.4.